The molecule has 20 heavy (non-hydrogen) atoms. The highest BCUT2D eigenvalue weighted by atomic mass is 16.5. The Kier molecular flexibility index (Phi) is 6.64. The average Bonchev–Trinajstić information content (AvgIpc) is 2.49. The molecular formula is C16H23NO3. The molecule has 0 unspecified atom stereocenters. The smallest absolute Gasteiger partial charge is 0.223 e. The molecule has 4 heteroatoms. The zero-order valence-electron chi connectivity index (χ0n) is 12.5. The Morgan fingerprint density at radius 1 is 1.30 bits per heavy atom. The molecule has 1 aromatic rings. The first-order valence-electron chi connectivity index (χ1n) is 6.75. The van der Waals surface area contributed by atoms with Gasteiger partial charge >= 0.3 is 0 Å². The standard InChI is InChI=1S/C16H23NO3/c1-5-11-17(6-2)16(18)10-8-13-7-9-14(19-3)15(12-13)20-4/h5,7,9,12H,1,6,8,10-11H2,2-4H3. The van der Waals surface area contributed by atoms with Crippen molar-refractivity contribution in [1.29, 1.82) is 0 Å². The predicted molar refractivity (Wildman–Crippen MR) is 80.3 cm³/mol. The van der Waals surface area contributed by atoms with E-state index in [0.717, 1.165) is 5.56 Å². The summed E-state index contributed by atoms with van der Waals surface area (Å²) in [4.78, 5) is 13.8. The monoisotopic (exact) mass is 277 g/mol. The molecule has 0 aromatic heterocycles. The van der Waals surface area contributed by atoms with Gasteiger partial charge in [0.05, 0.1) is 14.2 Å². The van der Waals surface area contributed by atoms with Crippen molar-refractivity contribution in [1.82, 2.24) is 4.90 Å². The summed E-state index contributed by atoms with van der Waals surface area (Å²) in [6.45, 7) is 6.94. The van der Waals surface area contributed by atoms with Crippen LogP contribution >= 0.6 is 0 Å². The lowest BCUT2D eigenvalue weighted by atomic mass is 10.1. The molecule has 110 valence electrons. The molecule has 0 atom stereocenters. The highest BCUT2D eigenvalue weighted by Gasteiger charge is 2.11. The molecule has 1 rings (SSSR count). The highest BCUT2D eigenvalue weighted by molar-refractivity contribution is 5.76. The van der Waals surface area contributed by atoms with Crippen LogP contribution in [0, 0.1) is 0 Å². The number of aryl methyl sites for hydroxylation is 1. The topological polar surface area (TPSA) is 38.8 Å². The van der Waals surface area contributed by atoms with Crippen molar-refractivity contribution in [2.24, 2.45) is 0 Å². The first-order valence-corrected chi connectivity index (χ1v) is 6.75. The van der Waals surface area contributed by atoms with Gasteiger partial charge in [0.15, 0.2) is 11.5 Å². The minimum Gasteiger partial charge on any atom is -0.493 e. The van der Waals surface area contributed by atoms with Crippen molar-refractivity contribution in [3.05, 3.63) is 36.4 Å². The van der Waals surface area contributed by atoms with Crippen LogP contribution in [-0.4, -0.2) is 38.1 Å². The van der Waals surface area contributed by atoms with Crippen LogP contribution in [0.15, 0.2) is 30.9 Å². The Bertz CT molecular complexity index is 457. The van der Waals surface area contributed by atoms with Crippen LogP contribution in [0.1, 0.15) is 18.9 Å². The predicted octanol–water partition coefficient (Wildman–Crippen LogP) is 2.67. The minimum absolute atomic E-state index is 0.141. The lowest BCUT2D eigenvalue weighted by molar-refractivity contribution is -0.130. The molecule has 0 radical (unpaired) electrons. The van der Waals surface area contributed by atoms with Gasteiger partial charge in [-0.2, -0.15) is 0 Å². The number of hydrogen-bond donors (Lipinski definition) is 0. The Balaban J connectivity index is 2.65. The van der Waals surface area contributed by atoms with E-state index in [4.69, 9.17) is 9.47 Å². The Labute approximate surface area is 121 Å². The molecule has 0 fully saturated rings. The summed E-state index contributed by atoms with van der Waals surface area (Å²) >= 11 is 0. The number of hydrogen-bond acceptors (Lipinski definition) is 3. The highest BCUT2D eigenvalue weighted by Crippen LogP contribution is 2.27. The van der Waals surface area contributed by atoms with Gasteiger partial charge in [-0.25, -0.2) is 0 Å². The fourth-order valence-electron chi connectivity index (χ4n) is 2.01. The molecule has 1 aromatic carbocycles. The zero-order valence-corrected chi connectivity index (χ0v) is 12.5. The van der Waals surface area contributed by atoms with Gasteiger partial charge in [-0.05, 0) is 31.0 Å². The second-order valence-electron chi connectivity index (χ2n) is 4.41. The van der Waals surface area contributed by atoms with E-state index in [1.807, 2.05) is 25.1 Å². The van der Waals surface area contributed by atoms with Crippen LogP contribution in [0.25, 0.3) is 0 Å². The van der Waals surface area contributed by atoms with Gasteiger partial charge in [-0.15, -0.1) is 6.58 Å². The summed E-state index contributed by atoms with van der Waals surface area (Å²) in [5.41, 5.74) is 1.06. The molecule has 1 amide bonds. The fourth-order valence-corrected chi connectivity index (χ4v) is 2.01. The third-order valence-corrected chi connectivity index (χ3v) is 3.16. The molecule has 0 bridgehead atoms. The lowest BCUT2D eigenvalue weighted by Crippen LogP contribution is -2.30. The minimum atomic E-state index is 0.141. The maximum absolute atomic E-state index is 12.0. The second-order valence-corrected chi connectivity index (χ2v) is 4.41. The van der Waals surface area contributed by atoms with Crippen LogP contribution < -0.4 is 9.47 Å². The van der Waals surface area contributed by atoms with Gasteiger partial charge in [-0.3, -0.25) is 4.79 Å². The molecule has 0 aliphatic heterocycles. The van der Waals surface area contributed by atoms with Crippen molar-refractivity contribution in [3.8, 4) is 11.5 Å². The SMILES string of the molecule is C=CCN(CC)C(=O)CCc1ccc(OC)c(OC)c1. The first kappa shape index (κ1) is 16.1. The van der Waals surface area contributed by atoms with Crippen LogP contribution in [-0.2, 0) is 11.2 Å². The number of amides is 1. The summed E-state index contributed by atoms with van der Waals surface area (Å²) in [6, 6.07) is 5.73. The van der Waals surface area contributed by atoms with Gasteiger partial charge in [0.25, 0.3) is 0 Å². The summed E-state index contributed by atoms with van der Waals surface area (Å²) in [7, 11) is 3.21. The van der Waals surface area contributed by atoms with Gasteiger partial charge in [0.2, 0.25) is 5.91 Å². The van der Waals surface area contributed by atoms with E-state index in [2.05, 4.69) is 6.58 Å². The van der Waals surface area contributed by atoms with Crippen molar-refractivity contribution in [3.63, 3.8) is 0 Å². The Hall–Kier alpha value is -1.97. The normalized spacial score (nSPS) is 9.95. The summed E-state index contributed by atoms with van der Waals surface area (Å²) in [6.07, 6.45) is 2.92. The molecule has 0 aliphatic carbocycles. The van der Waals surface area contributed by atoms with E-state index in [9.17, 15) is 4.79 Å². The Morgan fingerprint density at radius 2 is 2.00 bits per heavy atom. The summed E-state index contributed by atoms with van der Waals surface area (Å²) < 4.78 is 10.5. The van der Waals surface area contributed by atoms with Gasteiger partial charge in [0.1, 0.15) is 0 Å². The van der Waals surface area contributed by atoms with E-state index >= 15 is 0 Å². The molecule has 0 aliphatic rings. The van der Waals surface area contributed by atoms with Crippen LogP contribution in [0.5, 0.6) is 11.5 Å². The van der Waals surface area contributed by atoms with Crippen molar-refractivity contribution in [2.75, 3.05) is 27.3 Å². The molecule has 0 saturated carbocycles. The van der Waals surface area contributed by atoms with Crippen molar-refractivity contribution in [2.45, 2.75) is 19.8 Å². The molecule has 0 heterocycles. The maximum atomic E-state index is 12.0. The molecule has 0 spiro atoms. The van der Waals surface area contributed by atoms with Crippen molar-refractivity contribution < 1.29 is 14.3 Å². The van der Waals surface area contributed by atoms with Crippen LogP contribution in [0.3, 0.4) is 0 Å². The van der Waals surface area contributed by atoms with Crippen molar-refractivity contribution >= 4 is 5.91 Å². The van der Waals surface area contributed by atoms with E-state index < -0.39 is 0 Å². The van der Waals surface area contributed by atoms with E-state index in [0.29, 0.717) is 37.4 Å². The third-order valence-electron chi connectivity index (χ3n) is 3.16. The molecule has 4 nitrogen and oxygen atoms in total. The Morgan fingerprint density at radius 3 is 2.55 bits per heavy atom. The number of benzene rings is 1. The molecule has 0 saturated heterocycles. The maximum Gasteiger partial charge on any atom is 0.223 e. The quantitative estimate of drug-likeness (QED) is 0.686. The number of likely N-dealkylation sites (N-methyl/N-ethyl adjacent to an activating group) is 1. The zero-order chi connectivity index (χ0) is 15.0. The number of rotatable bonds is 8. The van der Waals surface area contributed by atoms with E-state index in [1.165, 1.54) is 0 Å². The number of nitrogens with zero attached hydrogens (tertiary/aromatic N) is 1. The number of carbonyl (C=O) groups is 1. The van der Waals surface area contributed by atoms with Gasteiger partial charge in [0, 0.05) is 19.5 Å². The summed E-state index contributed by atoms with van der Waals surface area (Å²) in [5.74, 6) is 1.53. The average molecular weight is 277 g/mol. The van der Waals surface area contributed by atoms with Gasteiger partial charge < -0.3 is 14.4 Å². The van der Waals surface area contributed by atoms with Crippen LogP contribution in [0.2, 0.25) is 0 Å². The van der Waals surface area contributed by atoms with Gasteiger partial charge in [-0.1, -0.05) is 12.1 Å². The fraction of sp³-hybridized carbons (Fsp3) is 0.438. The number of methoxy groups -OCH3 is 2. The molecular weight excluding hydrogens is 254 g/mol. The van der Waals surface area contributed by atoms with E-state index in [1.54, 1.807) is 25.2 Å². The molecule has 0 N–H and O–H groups in total. The number of carbonyl (C=O) groups excluding carboxylic acids is 1. The largest absolute Gasteiger partial charge is 0.493 e. The second kappa shape index (κ2) is 8.25. The third kappa shape index (κ3) is 4.30. The lowest BCUT2D eigenvalue weighted by Gasteiger charge is -2.19. The first-order chi connectivity index (χ1) is 9.65. The van der Waals surface area contributed by atoms with E-state index in [-0.39, 0.29) is 5.91 Å². The summed E-state index contributed by atoms with van der Waals surface area (Å²) in [5, 5.41) is 0. The number of ether oxygens (including phenoxy) is 2. The van der Waals surface area contributed by atoms with Crippen LogP contribution in [0.4, 0.5) is 0 Å².